The summed E-state index contributed by atoms with van der Waals surface area (Å²) in [6.07, 6.45) is 5.28. The van der Waals surface area contributed by atoms with Crippen LogP contribution < -0.4 is 10.6 Å². The molecule has 116 valence electrons. The summed E-state index contributed by atoms with van der Waals surface area (Å²) in [4.78, 5) is 14.6. The lowest BCUT2D eigenvalue weighted by Gasteiger charge is -2.24. The largest absolute Gasteiger partial charge is 0.387 e. The van der Waals surface area contributed by atoms with Gasteiger partial charge in [0.15, 0.2) is 0 Å². The highest BCUT2D eigenvalue weighted by Crippen LogP contribution is 2.22. The first-order valence-corrected chi connectivity index (χ1v) is 7.88. The summed E-state index contributed by atoms with van der Waals surface area (Å²) in [5.74, 6) is -0.000767. The minimum Gasteiger partial charge on any atom is -0.387 e. The predicted molar refractivity (Wildman–Crippen MR) is 87.9 cm³/mol. The zero-order valence-electron chi connectivity index (χ0n) is 13.4. The normalized spacial score (nSPS) is 15.4. The summed E-state index contributed by atoms with van der Waals surface area (Å²) >= 11 is 0. The molecule has 1 aliphatic rings. The van der Waals surface area contributed by atoms with Gasteiger partial charge in [-0.15, -0.1) is 0 Å². The van der Waals surface area contributed by atoms with Gasteiger partial charge >= 0.3 is 0 Å². The third-order valence-electron chi connectivity index (χ3n) is 4.39. The molecule has 0 aromatic heterocycles. The van der Waals surface area contributed by atoms with Crippen molar-refractivity contribution >= 4 is 11.6 Å². The number of benzene rings is 1. The van der Waals surface area contributed by atoms with E-state index in [2.05, 4.69) is 22.6 Å². The Labute approximate surface area is 127 Å². The van der Waals surface area contributed by atoms with Gasteiger partial charge in [-0.3, -0.25) is 4.79 Å². The highest BCUT2D eigenvalue weighted by Gasteiger charge is 2.19. The molecule has 0 atom stereocenters. The van der Waals surface area contributed by atoms with Gasteiger partial charge in [-0.25, -0.2) is 0 Å². The van der Waals surface area contributed by atoms with Crippen LogP contribution in [0.4, 0.5) is 5.69 Å². The fraction of sp³-hybridized carbons (Fsp3) is 0.588. The van der Waals surface area contributed by atoms with Crippen molar-refractivity contribution in [2.45, 2.75) is 38.6 Å². The molecular weight excluding hydrogens is 262 g/mol. The van der Waals surface area contributed by atoms with Crippen molar-refractivity contribution in [3.8, 4) is 0 Å². The summed E-state index contributed by atoms with van der Waals surface area (Å²) in [6, 6.07) is 6.56. The molecule has 0 unspecified atom stereocenters. The van der Waals surface area contributed by atoms with Gasteiger partial charge in [0.1, 0.15) is 0 Å². The van der Waals surface area contributed by atoms with Crippen LogP contribution in [0, 0.1) is 6.92 Å². The molecule has 1 aromatic rings. The first-order valence-electron chi connectivity index (χ1n) is 7.88. The van der Waals surface area contributed by atoms with Gasteiger partial charge in [-0.05, 0) is 44.5 Å². The Morgan fingerprint density at radius 2 is 2.05 bits per heavy atom. The van der Waals surface area contributed by atoms with Crippen molar-refractivity contribution in [1.82, 2.24) is 10.2 Å². The molecular formula is C17H27N3O. The monoisotopic (exact) mass is 289 g/mol. The van der Waals surface area contributed by atoms with Gasteiger partial charge in [0.2, 0.25) is 0 Å². The van der Waals surface area contributed by atoms with Gasteiger partial charge in [-0.2, -0.15) is 0 Å². The summed E-state index contributed by atoms with van der Waals surface area (Å²) in [7, 11) is 4.01. The molecule has 1 aromatic carbocycles. The fourth-order valence-electron chi connectivity index (χ4n) is 3.03. The molecule has 0 saturated heterocycles. The average molecular weight is 289 g/mol. The van der Waals surface area contributed by atoms with E-state index in [1.54, 1.807) is 0 Å². The van der Waals surface area contributed by atoms with E-state index in [0.29, 0.717) is 18.2 Å². The van der Waals surface area contributed by atoms with Crippen molar-refractivity contribution in [3.05, 3.63) is 29.3 Å². The quantitative estimate of drug-likeness (QED) is 0.846. The van der Waals surface area contributed by atoms with Crippen molar-refractivity contribution < 1.29 is 4.79 Å². The number of aryl methyl sites for hydroxylation is 1. The molecule has 1 saturated carbocycles. The van der Waals surface area contributed by atoms with Crippen LogP contribution in [0.5, 0.6) is 0 Å². The maximum absolute atomic E-state index is 12.3. The van der Waals surface area contributed by atoms with Crippen LogP contribution in [-0.4, -0.2) is 44.0 Å². The highest BCUT2D eigenvalue weighted by molar-refractivity contribution is 5.99. The molecule has 21 heavy (non-hydrogen) atoms. The van der Waals surface area contributed by atoms with Crippen LogP contribution >= 0.6 is 0 Å². The van der Waals surface area contributed by atoms with Crippen molar-refractivity contribution in [1.29, 1.82) is 0 Å². The lowest BCUT2D eigenvalue weighted by atomic mass is 10.1. The second kappa shape index (κ2) is 7.46. The molecule has 1 fully saturated rings. The zero-order valence-corrected chi connectivity index (χ0v) is 13.4. The molecule has 1 amide bonds. The standard InChI is InChI=1S/C17H27N3O/c1-13-8-9-15(16(12-13)18-2)17(21)19-10-11-20(3)14-6-4-5-7-14/h8-9,12,14,18H,4-7,10-11H2,1-3H3,(H,19,21). The number of hydrogen-bond donors (Lipinski definition) is 2. The van der Waals surface area contributed by atoms with Crippen LogP contribution in [0.25, 0.3) is 0 Å². The van der Waals surface area contributed by atoms with Gasteiger partial charge in [0.05, 0.1) is 5.56 Å². The van der Waals surface area contributed by atoms with E-state index in [4.69, 9.17) is 0 Å². The lowest BCUT2D eigenvalue weighted by Crippen LogP contribution is -2.37. The van der Waals surface area contributed by atoms with Crippen molar-refractivity contribution in [2.24, 2.45) is 0 Å². The van der Waals surface area contributed by atoms with E-state index in [1.807, 2.05) is 32.2 Å². The molecule has 0 spiro atoms. The number of carbonyl (C=O) groups is 1. The third-order valence-corrected chi connectivity index (χ3v) is 4.39. The summed E-state index contributed by atoms with van der Waals surface area (Å²) in [5, 5.41) is 6.12. The van der Waals surface area contributed by atoms with E-state index in [9.17, 15) is 4.79 Å². The maximum Gasteiger partial charge on any atom is 0.253 e. The minimum atomic E-state index is -0.000767. The lowest BCUT2D eigenvalue weighted by molar-refractivity contribution is 0.0948. The van der Waals surface area contributed by atoms with Gasteiger partial charge in [0, 0.05) is 31.9 Å². The first-order chi connectivity index (χ1) is 10.1. The van der Waals surface area contributed by atoms with Gasteiger partial charge < -0.3 is 15.5 Å². The molecule has 4 nitrogen and oxygen atoms in total. The van der Waals surface area contributed by atoms with Crippen LogP contribution in [0.2, 0.25) is 0 Å². The van der Waals surface area contributed by atoms with Crippen molar-refractivity contribution in [2.75, 3.05) is 32.5 Å². The Morgan fingerprint density at radius 3 is 2.71 bits per heavy atom. The zero-order chi connectivity index (χ0) is 15.2. The number of nitrogens with zero attached hydrogens (tertiary/aromatic N) is 1. The summed E-state index contributed by atoms with van der Waals surface area (Å²) < 4.78 is 0. The average Bonchev–Trinajstić information content (AvgIpc) is 3.01. The summed E-state index contributed by atoms with van der Waals surface area (Å²) in [6.45, 7) is 3.64. The van der Waals surface area contributed by atoms with Gasteiger partial charge in [0.25, 0.3) is 5.91 Å². The number of carbonyl (C=O) groups excluding carboxylic acids is 1. The highest BCUT2D eigenvalue weighted by atomic mass is 16.1. The van der Waals surface area contributed by atoms with E-state index >= 15 is 0 Å². The second-order valence-corrected chi connectivity index (χ2v) is 5.97. The molecule has 0 aliphatic heterocycles. The Morgan fingerprint density at radius 1 is 1.33 bits per heavy atom. The van der Waals surface area contributed by atoms with Crippen molar-refractivity contribution in [3.63, 3.8) is 0 Å². The summed E-state index contributed by atoms with van der Waals surface area (Å²) in [5.41, 5.74) is 2.75. The molecule has 2 rings (SSSR count). The molecule has 0 radical (unpaired) electrons. The number of hydrogen-bond acceptors (Lipinski definition) is 3. The number of nitrogens with one attached hydrogen (secondary N) is 2. The van der Waals surface area contributed by atoms with Crippen LogP contribution in [-0.2, 0) is 0 Å². The number of amides is 1. The second-order valence-electron chi connectivity index (χ2n) is 5.97. The number of rotatable bonds is 6. The Kier molecular flexibility index (Phi) is 5.62. The first kappa shape index (κ1) is 15.8. The molecule has 0 heterocycles. The smallest absolute Gasteiger partial charge is 0.253 e. The van der Waals surface area contributed by atoms with E-state index in [1.165, 1.54) is 25.7 Å². The van der Waals surface area contributed by atoms with Gasteiger partial charge in [-0.1, -0.05) is 18.9 Å². The maximum atomic E-state index is 12.3. The van der Waals surface area contributed by atoms with E-state index < -0.39 is 0 Å². The predicted octanol–water partition coefficient (Wildman–Crippen LogP) is 2.64. The van der Waals surface area contributed by atoms with E-state index in [-0.39, 0.29) is 5.91 Å². The molecule has 1 aliphatic carbocycles. The number of likely N-dealkylation sites (N-methyl/N-ethyl adjacent to an activating group) is 1. The molecule has 0 bridgehead atoms. The topological polar surface area (TPSA) is 44.4 Å². The third kappa shape index (κ3) is 4.21. The number of anilines is 1. The molecule has 2 N–H and O–H groups in total. The fourth-order valence-corrected chi connectivity index (χ4v) is 3.03. The van der Waals surface area contributed by atoms with E-state index in [0.717, 1.165) is 17.8 Å². The Bertz CT molecular complexity index is 481. The minimum absolute atomic E-state index is 0.000767. The van der Waals surface area contributed by atoms with Crippen LogP contribution in [0.1, 0.15) is 41.6 Å². The Hall–Kier alpha value is -1.55. The Balaban J connectivity index is 1.84. The SMILES string of the molecule is CNc1cc(C)ccc1C(=O)NCCN(C)C1CCCC1. The van der Waals surface area contributed by atoms with Crippen LogP contribution in [0.3, 0.4) is 0 Å². The van der Waals surface area contributed by atoms with Crippen LogP contribution in [0.15, 0.2) is 18.2 Å². The molecule has 4 heteroatoms.